The summed E-state index contributed by atoms with van der Waals surface area (Å²) in [6.45, 7) is 10.8. The highest BCUT2D eigenvalue weighted by Gasteiger charge is 2.52. The van der Waals surface area contributed by atoms with Gasteiger partial charge in [0, 0.05) is 12.1 Å². The van der Waals surface area contributed by atoms with Crippen LogP contribution in [0.15, 0.2) is 0 Å². The van der Waals surface area contributed by atoms with Crippen LogP contribution >= 0.6 is 0 Å². The molecule has 20 heavy (non-hydrogen) atoms. The fourth-order valence-corrected chi connectivity index (χ4v) is 5.97. The first-order valence-electron chi connectivity index (χ1n) is 8.87. The van der Waals surface area contributed by atoms with Gasteiger partial charge in [-0.15, -0.1) is 0 Å². The zero-order chi connectivity index (χ0) is 14.4. The molecular formula is C18H34N2. The van der Waals surface area contributed by atoms with Crippen LogP contribution in [0, 0.1) is 16.7 Å². The molecule has 1 spiro atoms. The maximum absolute atomic E-state index is 6.31. The quantitative estimate of drug-likeness (QED) is 0.832. The van der Waals surface area contributed by atoms with Gasteiger partial charge in [0.05, 0.1) is 0 Å². The number of likely N-dealkylation sites (tertiary alicyclic amines) is 1. The maximum Gasteiger partial charge on any atom is 0.0362 e. The van der Waals surface area contributed by atoms with Crippen LogP contribution in [0.25, 0.3) is 0 Å². The Bertz CT molecular complexity index is 346. The Kier molecular flexibility index (Phi) is 3.70. The van der Waals surface area contributed by atoms with E-state index in [2.05, 4.69) is 25.7 Å². The predicted octanol–water partition coefficient (Wildman–Crippen LogP) is 3.80. The van der Waals surface area contributed by atoms with Crippen molar-refractivity contribution in [3.63, 3.8) is 0 Å². The molecule has 1 heterocycles. The number of hydrogen-bond acceptors (Lipinski definition) is 2. The molecule has 0 amide bonds. The van der Waals surface area contributed by atoms with E-state index in [1.807, 2.05) is 0 Å². The molecule has 2 N–H and O–H groups in total. The molecule has 2 heteroatoms. The Morgan fingerprint density at radius 2 is 1.65 bits per heavy atom. The van der Waals surface area contributed by atoms with Crippen molar-refractivity contribution in [3.05, 3.63) is 0 Å². The van der Waals surface area contributed by atoms with E-state index in [0.717, 1.165) is 17.9 Å². The molecule has 3 aliphatic rings. The molecule has 0 aromatic carbocycles. The van der Waals surface area contributed by atoms with E-state index >= 15 is 0 Å². The van der Waals surface area contributed by atoms with E-state index in [9.17, 15) is 0 Å². The van der Waals surface area contributed by atoms with Gasteiger partial charge in [0.15, 0.2) is 0 Å². The first-order valence-corrected chi connectivity index (χ1v) is 8.87. The molecule has 2 unspecified atom stereocenters. The normalized spacial score (nSPS) is 40.5. The van der Waals surface area contributed by atoms with Crippen molar-refractivity contribution in [3.8, 4) is 0 Å². The van der Waals surface area contributed by atoms with Crippen LogP contribution in [0.1, 0.15) is 72.1 Å². The number of piperidine rings is 1. The Labute approximate surface area is 125 Å². The standard InChI is InChI=1S/C18H34N2/c1-15-12-16(2,3)13-18(15,14-19)20-10-8-17(9-11-20)6-4-5-7-17/h15H,4-14,19H2,1-3H3. The van der Waals surface area contributed by atoms with Gasteiger partial charge < -0.3 is 5.73 Å². The van der Waals surface area contributed by atoms with Crippen LogP contribution in [0.4, 0.5) is 0 Å². The highest BCUT2D eigenvalue weighted by molar-refractivity contribution is 5.07. The third-order valence-electron chi connectivity index (χ3n) is 7.03. The van der Waals surface area contributed by atoms with E-state index < -0.39 is 0 Å². The van der Waals surface area contributed by atoms with Gasteiger partial charge in [-0.05, 0) is 68.4 Å². The second-order valence-corrected chi connectivity index (χ2v) is 8.95. The van der Waals surface area contributed by atoms with Crippen molar-refractivity contribution in [2.45, 2.75) is 77.7 Å². The molecule has 1 aliphatic heterocycles. The van der Waals surface area contributed by atoms with Crippen LogP contribution in [0.5, 0.6) is 0 Å². The number of nitrogens with two attached hydrogens (primary N) is 1. The van der Waals surface area contributed by atoms with Gasteiger partial charge in [-0.25, -0.2) is 0 Å². The summed E-state index contributed by atoms with van der Waals surface area (Å²) >= 11 is 0. The van der Waals surface area contributed by atoms with Gasteiger partial charge in [0.25, 0.3) is 0 Å². The lowest BCUT2D eigenvalue weighted by Crippen LogP contribution is -2.59. The van der Waals surface area contributed by atoms with Crippen LogP contribution in [-0.4, -0.2) is 30.1 Å². The van der Waals surface area contributed by atoms with Crippen molar-refractivity contribution in [2.24, 2.45) is 22.5 Å². The fraction of sp³-hybridized carbons (Fsp3) is 1.00. The number of nitrogens with zero attached hydrogens (tertiary/aromatic N) is 1. The fourth-order valence-electron chi connectivity index (χ4n) is 5.97. The molecule has 0 bridgehead atoms. The van der Waals surface area contributed by atoms with E-state index in [4.69, 9.17) is 5.73 Å². The third kappa shape index (κ3) is 2.33. The van der Waals surface area contributed by atoms with Gasteiger partial charge in [-0.2, -0.15) is 0 Å². The lowest BCUT2D eigenvalue weighted by atomic mass is 9.74. The summed E-state index contributed by atoms with van der Waals surface area (Å²) in [5.41, 5.74) is 7.81. The topological polar surface area (TPSA) is 29.3 Å². The summed E-state index contributed by atoms with van der Waals surface area (Å²) in [5, 5.41) is 0. The minimum absolute atomic E-state index is 0.295. The van der Waals surface area contributed by atoms with Gasteiger partial charge in [0.2, 0.25) is 0 Å². The van der Waals surface area contributed by atoms with E-state index in [1.165, 1.54) is 64.5 Å². The molecule has 1 saturated heterocycles. The zero-order valence-electron chi connectivity index (χ0n) is 13.9. The Hall–Kier alpha value is -0.0800. The minimum atomic E-state index is 0.295. The smallest absolute Gasteiger partial charge is 0.0362 e. The Balaban J connectivity index is 1.72. The van der Waals surface area contributed by atoms with Crippen molar-refractivity contribution >= 4 is 0 Å². The molecule has 2 atom stereocenters. The molecule has 3 rings (SSSR count). The van der Waals surface area contributed by atoms with E-state index in [0.29, 0.717) is 11.0 Å². The molecule has 2 aliphatic carbocycles. The SMILES string of the molecule is CC1CC(C)(C)CC1(CN)N1CCC2(CCCC2)CC1. The van der Waals surface area contributed by atoms with Gasteiger partial charge in [0.1, 0.15) is 0 Å². The molecule has 116 valence electrons. The highest BCUT2D eigenvalue weighted by atomic mass is 15.2. The summed E-state index contributed by atoms with van der Waals surface area (Å²) in [5.74, 6) is 0.750. The van der Waals surface area contributed by atoms with Crippen LogP contribution in [-0.2, 0) is 0 Å². The minimum Gasteiger partial charge on any atom is -0.329 e. The third-order valence-corrected chi connectivity index (χ3v) is 7.03. The number of hydrogen-bond donors (Lipinski definition) is 1. The first kappa shape index (κ1) is 14.8. The van der Waals surface area contributed by atoms with Crippen LogP contribution in [0.2, 0.25) is 0 Å². The second kappa shape index (κ2) is 4.98. The Morgan fingerprint density at radius 1 is 1.05 bits per heavy atom. The molecule has 0 aromatic rings. The zero-order valence-corrected chi connectivity index (χ0v) is 13.9. The summed E-state index contributed by atoms with van der Waals surface area (Å²) < 4.78 is 0. The van der Waals surface area contributed by atoms with Gasteiger partial charge >= 0.3 is 0 Å². The lowest BCUT2D eigenvalue weighted by Gasteiger charge is -2.50. The first-order chi connectivity index (χ1) is 9.41. The molecular weight excluding hydrogens is 244 g/mol. The van der Waals surface area contributed by atoms with Gasteiger partial charge in [-0.3, -0.25) is 4.90 Å². The molecule has 2 saturated carbocycles. The summed E-state index contributed by atoms with van der Waals surface area (Å²) in [4.78, 5) is 2.80. The average molecular weight is 278 g/mol. The monoisotopic (exact) mass is 278 g/mol. The second-order valence-electron chi connectivity index (χ2n) is 8.95. The van der Waals surface area contributed by atoms with Crippen LogP contribution < -0.4 is 5.73 Å². The maximum atomic E-state index is 6.31. The summed E-state index contributed by atoms with van der Waals surface area (Å²) in [7, 11) is 0. The lowest BCUT2D eigenvalue weighted by molar-refractivity contribution is 0.00107. The average Bonchev–Trinajstić information content (AvgIpc) is 2.93. The Morgan fingerprint density at radius 3 is 2.10 bits per heavy atom. The number of rotatable bonds is 2. The molecule has 3 fully saturated rings. The van der Waals surface area contributed by atoms with E-state index in [1.54, 1.807) is 0 Å². The summed E-state index contributed by atoms with van der Waals surface area (Å²) in [6.07, 6.45) is 11.5. The summed E-state index contributed by atoms with van der Waals surface area (Å²) in [6, 6.07) is 0. The van der Waals surface area contributed by atoms with E-state index in [-0.39, 0.29) is 0 Å². The largest absolute Gasteiger partial charge is 0.329 e. The predicted molar refractivity (Wildman–Crippen MR) is 85.7 cm³/mol. The van der Waals surface area contributed by atoms with Crippen LogP contribution in [0.3, 0.4) is 0 Å². The van der Waals surface area contributed by atoms with Crippen molar-refractivity contribution < 1.29 is 0 Å². The highest BCUT2D eigenvalue weighted by Crippen LogP contribution is 2.53. The molecule has 0 radical (unpaired) electrons. The van der Waals surface area contributed by atoms with Crippen molar-refractivity contribution in [2.75, 3.05) is 19.6 Å². The molecule has 2 nitrogen and oxygen atoms in total. The van der Waals surface area contributed by atoms with Crippen molar-refractivity contribution in [1.82, 2.24) is 4.90 Å². The van der Waals surface area contributed by atoms with Gasteiger partial charge in [-0.1, -0.05) is 33.6 Å². The molecule has 0 aromatic heterocycles. The van der Waals surface area contributed by atoms with Crippen molar-refractivity contribution in [1.29, 1.82) is 0 Å².